The van der Waals surface area contributed by atoms with E-state index in [1.54, 1.807) is 72.9 Å². The fraction of sp³-hybridized carbons (Fsp3) is 0.282. The summed E-state index contributed by atoms with van der Waals surface area (Å²) in [5, 5.41) is 2.70. The van der Waals surface area contributed by atoms with Crippen molar-refractivity contribution in [2.75, 3.05) is 44.6 Å². The molecule has 0 saturated carbocycles. The molecule has 1 amide bonds. The van der Waals surface area contributed by atoms with Crippen molar-refractivity contribution in [3.8, 4) is 35.5 Å². The van der Waals surface area contributed by atoms with Crippen LogP contribution in [0, 0.1) is 12.3 Å². The third kappa shape index (κ3) is 11.3. The predicted molar refractivity (Wildman–Crippen MR) is 202 cm³/mol. The van der Waals surface area contributed by atoms with E-state index in [-0.39, 0.29) is 71.3 Å². The molecule has 0 fully saturated rings. The number of para-hydroxylation sites is 2. The van der Waals surface area contributed by atoms with Gasteiger partial charge in [0.05, 0.1) is 45.2 Å². The number of anilines is 2. The maximum absolute atomic E-state index is 14.0. The van der Waals surface area contributed by atoms with Crippen LogP contribution in [0.15, 0.2) is 95.7 Å². The molecule has 13 nitrogen and oxygen atoms in total. The number of hydrogen-bond donors (Lipinski definition) is 2. The summed E-state index contributed by atoms with van der Waals surface area (Å²) in [6.07, 6.45) is 10.4. The van der Waals surface area contributed by atoms with Crippen LogP contribution in [0.5, 0.6) is 23.1 Å². The molecule has 0 unspecified atom stereocenters. The Morgan fingerprint density at radius 2 is 1.68 bits per heavy atom. The van der Waals surface area contributed by atoms with Crippen LogP contribution in [0.2, 0.25) is 0 Å². The highest BCUT2D eigenvalue weighted by atomic mass is 32.2. The molecule has 0 aliphatic carbocycles. The second kappa shape index (κ2) is 18.5. The number of hydrogen-bond acceptors (Lipinski definition) is 11. The van der Waals surface area contributed by atoms with Gasteiger partial charge in [-0.05, 0) is 59.5 Å². The summed E-state index contributed by atoms with van der Waals surface area (Å²) >= 11 is 0. The zero-order valence-electron chi connectivity index (χ0n) is 30.5. The fourth-order valence-electron chi connectivity index (χ4n) is 4.68. The van der Waals surface area contributed by atoms with E-state index in [1.807, 2.05) is 20.8 Å². The maximum atomic E-state index is 14.0. The first kappa shape index (κ1) is 39.9. The first-order chi connectivity index (χ1) is 25.4. The molecule has 4 rings (SSSR count). The summed E-state index contributed by atoms with van der Waals surface area (Å²) in [5.74, 6) is 2.86. The van der Waals surface area contributed by atoms with Gasteiger partial charge < -0.3 is 29.0 Å². The van der Waals surface area contributed by atoms with Crippen LogP contribution < -0.4 is 24.2 Å². The Hall–Kier alpha value is -5.91. The minimum Gasteiger partial charge on any atom is -0.500 e. The van der Waals surface area contributed by atoms with Gasteiger partial charge in [-0.1, -0.05) is 57.0 Å². The molecule has 14 heteroatoms. The van der Waals surface area contributed by atoms with Crippen molar-refractivity contribution in [3.05, 3.63) is 102 Å². The van der Waals surface area contributed by atoms with Crippen molar-refractivity contribution in [2.24, 2.45) is 0 Å². The Kier molecular flexibility index (Phi) is 13.9. The third-order valence-electron chi connectivity index (χ3n) is 7.46. The van der Waals surface area contributed by atoms with E-state index < -0.39 is 10.0 Å². The van der Waals surface area contributed by atoms with Gasteiger partial charge in [-0.3, -0.25) is 9.52 Å². The van der Waals surface area contributed by atoms with E-state index in [0.29, 0.717) is 22.9 Å². The number of nitrogens with one attached hydrogen (secondary N) is 2. The van der Waals surface area contributed by atoms with Crippen molar-refractivity contribution in [1.29, 1.82) is 0 Å². The SMILES string of the molecule is C#CC/C(=C\C(=C/COC)c1nc(NS(=O)(=O)c2ccc(C(C)(C)C)cc2)c(Oc2ccccc2OC)c(OCCC(=O)Nc2ccccn2)n1)OC. The number of rotatable bonds is 17. The van der Waals surface area contributed by atoms with Crippen LogP contribution in [0.4, 0.5) is 11.6 Å². The van der Waals surface area contributed by atoms with E-state index in [1.165, 1.54) is 33.5 Å². The average Bonchev–Trinajstić information content (AvgIpc) is 3.14. The lowest BCUT2D eigenvalue weighted by molar-refractivity contribution is -0.116. The molecule has 0 radical (unpaired) electrons. The van der Waals surface area contributed by atoms with Crippen molar-refractivity contribution < 1.29 is 36.9 Å². The molecular formula is C39H43N5O8S. The summed E-state index contributed by atoms with van der Waals surface area (Å²) < 4.78 is 59.2. The van der Waals surface area contributed by atoms with Gasteiger partial charge in [-0.2, -0.15) is 4.98 Å². The average molecular weight is 742 g/mol. The van der Waals surface area contributed by atoms with Gasteiger partial charge in [-0.25, -0.2) is 18.4 Å². The minimum atomic E-state index is -4.28. The van der Waals surface area contributed by atoms with Crippen LogP contribution in [0.25, 0.3) is 5.57 Å². The molecule has 0 saturated heterocycles. The summed E-state index contributed by atoms with van der Waals surface area (Å²) in [6, 6.07) is 18.4. The molecule has 0 atom stereocenters. The molecule has 0 bridgehead atoms. The zero-order valence-corrected chi connectivity index (χ0v) is 31.3. The molecule has 278 valence electrons. The number of sulfonamides is 1. The quantitative estimate of drug-likeness (QED) is 0.0669. The minimum absolute atomic E-state index is 0.00900. The maximum Gasteiger partial charge on any atom is 0.263 e. The Morgan fingerprint density at radius 1 is 0.962 bits per heavy atom. The Bertz CT molecular complexity index is 2070. The normalized spacial score (nSPS) is 12.0. The van der Waals surface area contributed by atoms with Crippen molar-refractivity contribution in [1.82, 2.24) is 15.0 Å². The van der Waals surface area contributed by atoms with Gasteiger partial charge in [0.2, 0.25) is 11.7 Å². The number of carbonyl (C=O) groups is 1. The van der Waals surface area contributed by atoms with Crippen LogP contribution in [0.3, 0.4) is 0 Å². The number of allylic oxidation sites excluding steroid dienone is 3. The van der Waals surface area contributed by atoms with Gasteiger partial charge in [0.1, 0.15) is 11.6 Å². The lowest BCUT2D eigenvalue weighted by atomic mass is 9.87. The fourth-order valence-corrected chi connectivity index (χ4v) is 5.68. The predicted octanol–water partition coefficient (Wildman–Crippen LogP) is 6.76. The molecule has 2 heterocycles. The summed E-state index contributed by atoms with van der Waals surface area (Å²) in [6.45, 7) is 6.04. The van der Waals surface area contributed by atoms with Gasteiger partial charge in [0.25, 0.3) is 15.9 Å². The van der Waals surface area contributed by atoms with E-state index in [9.17, 15) is 13.2 Å². The number of ether oxygens (including phenoxy) is 5. The van der Waals surface area contributed by atoms with E-state index in [4.69, 9.17) is 30.1 Å². The molecule has 2 aromatic carbocycles. The lowest BCUT2D eigenvalue weighted by Gasteiger charge is -2.20. The molecule has 53 heavy (non-hydrogen) atoms. The van der Waals surface area contributed by atoms with Gasteiger partial charge >= 0.3 is 0 Å². The van der Waals surface area contributed by atoms with Crippen molar-refractivity contribution in [2.45, 2.75) is 43.9 Å². The molecule has 2 N–H and O–H groups in total. The highest BCUT2D eigenvalue weighted by Crippen LogP contribution is 2.41. The highest BCUT2D eigenvalue weighted by Gasteiger charge is 2.26. The number of aromatic nitrogens is 3. The molecule has 0 aliphatic heterocycles. The number of nitrogens with zero attached hydrogens (tertiary/aromatic N) is 3. The van der Waals surface area contributed by atoms with Crippen molar-refractivity contribution >= 4 is 33.1 Å². The Labute approximate surface area is 310 Å². The summed E-state index contributed by atoms with van der Waals surface area (Å²) in [5.41, 5.74) is 1.12. The first-order valence-corrected chi connectivity index (χ1v) is 17.9. The Balaban J connectivity index is 1.88. The van der Waals surface area contributed by atoms with Gasteiger partial charge in [-0.15, -0.1) is 6.42 Å². The number of amides is 1. The van der Waals surface area contributed by atoms with E-state index >= 15 is 0 Å². The van der Waals surface area contributed by atoms with Crippen LogP contribution >= 0.6 is 0 Å². The number of pyridine rings is 1. The number of terminal acetylenes is 1. The highest BCUT2D eigenvalue weighted by molar-refractivity contribution is 7.92. The second-order valence-corrected chi connectivity index (χ2v) is 14.0. The van der Waals surface area contributed by atoms with Crippen LogP contribution in [-0.2, 0) is 29.7 Å². The third-order valence-corrected chi connectivity index (χ3v) is 8.82. The number of carbonyl (C=O) groups excluding carboxylic acids is 1. The molecule has 0 spiro atoms. The number of benzene rings is 2. The molecular weight excluding hydrogens is 699 g/mol. The largest absolute Gasteiger partial charge is 0.500 e. The molecule has 0 aliphatic rings. The first-order valence-electron chi connectivity index (χ1n) is 16.5. The second-order valence-electron chi connectivity index (χ2n) is 12.3. The van der Waals surface area contributed by atoms with Crippen LogP contribution in [-0.4, -0.2) is 63.8 Å². The summed E-state index contributed by atoms with van der Waals surface area (Å²) in [4.78, 5) is 26.2. The molecule has 2 aromatic heterocycles. The topological polar surface area (TPSA) is 160 Å². The Morgan fingerprint density at radius 3 is 2.30 bits per heavy atom. The van der Waals surface area contributed by atoms with E-state index in [0.717, 1.165) is 5.56 Å². The van der Waals surface area contributed by atoms with E-state index in [2.05, 4.69) is 30.9 Å². The standard InChI is InChI=1S/C39H43N5O8S/c1-8-13-29(49-6)26-27(21-24-48-5)36-42-37(44-53(46,47)30-19-17-28(18-20-30)39(2,3)4)35(52-32-15-10-9-14-31(32)50-7)38(43-36)51-25-22-34(45)41-33-16-11-12-23-40-33/h1,9-12,14-21,23,26H,13,22,24-25H2,2-7H3,(H,40,41,45)(H,42,43,44)/b27-21+,29-26+. The molecule has 4 aromatic rings. The van der Waals surface area contributed by atoms with Gasteiger partial charge in [0, 0.05) is 18.9 Å². The van der Waals surface area contributed by atoms with Gasteiger partial charge in [0.15, 0.2) is 23.1 Å². The summed E-state index contributed by atoms with van der Waals surface area (Å²) in [7, 11) is 0.169. The van der Waals surface area contributed by atoms with Crippen LogP contribution in [0.1, 0.15) is 45.0 Å². The zero-order chi connectivity index (χ0) is 38.4. The van der Waals surface area contributed by atoms with Crippen molar-refractivity contribution in [3.63, 3.8) is 0 Å². The smallest absolute Gasteiger partial charge is 0.263 e. The lowest BCUT2D eigenvalue weighted by Crippen LogP contribution is -2.18. The number of methoxy groups -OCH3 is 3. The monoisotopic (exact) mass is 741 g/mol.